The van der Waals surface area contributed by atoms with E-state index in [1.54, 1.807) is 0 Å². The van der Waals surface area contributed by atoms with Crippen molar-refractivity contribution in [2.75, 3.05) is 37.8 Å². The second kappa shape index (κ2) is 4.90. The summed E-state index contributed by atoms with van der Waals surface area (Å²) in [4.78, 5) is 4.46. The molecule has 6 heteroatoms. The van der Waals surface area contributed by atoms with Crippen LogP contribution in [0.3, 0.4) is 0 Å². The molecular weight excluding hydrogens is 234 g/mol. The van der Waals surface area contributed by atoms with E-state index >= 15 is 0 Å². The van der Waals surface area contributed by atoms with Gasteiger partial charge in [0.25, 0.3) is 0 Å². The fourth-order valence-electron chi connectivity index (χ4n) is 2.31. The van der Waals surface area contributed by atoms with Crippen LogP contribution in [0.4, 0.5) is 10.8 Å². The Morgan fingerprint density at radius 2 is 2.41 bits per heavy atom. The molecule has 1 saturated heterocycles. The maximum atomic E-state index is 9.12. The van der Waals surface area contributed by atoms with Crippen LogP contribution in [0.25, 0.3) is 0 Å². The van der Waals surface area contributed by atoms with E-state index in [1.807, 2.05) is 0 Å². The van der Waals surface area contributed by atoms with E-state index < -0.39 is 0 Å². The Hall–Kier alpha value is -1.32. The maximum absolute atomic E-state index is 9.12. The summed E-state index contributed by atoms with van der Waals surface area (Å²) in [5.74, 6) is 0.364. The summed E-state index contributed by atoms with van der Waals surface area (Å²) in [6.07, 6.45) is 2.34. The van der Waals surface area contributed by atoms with E-state index in [4.69, 9.17) is 11.0 Å². The largest absolute Gasteiger partial charge is 0.382 e. The lowest BCUT2D eigenvalue weighted by Gasteiger charge is -2.27. The molecule has 1 aromatic heterocycles. The minimum Gasteiger partial charge on any atom is -0.382 e. The van der Waals surface area contributed by atoms with Crippen LogP contribution < -0.4 is 10.6 Å². The Balaban J connectivity index is 2.23. The number of nitrogens with two attached hydrogens (primary N) is 1. The molecule has 17 heavy (non-hydrogen) atoms. The number of anilines is 2. The van der Waals surface area contributed by atoms with Crippen LogP contribution >= 0.6 is 11.5 Å². The van der Waals surface area contributed by atoms with Crippen molar-refractivity contribution in [3.63, 3.8) is 0 Å². The zero-order valence-corrected chi connectivity index (χ0v) is 11.0. The fraction of sp³-hybridized carbons (Fsp3) is 0.636. The number of hydrogen-bond acceptors (Lipinski definition) is 6. The molecule has 2 N–H and O–H groups in total. The first-order valence-corrected chi connectivity index (χ1v) is 6.47. The van der Waals surface area contributed by atoms with Crippen LogP contribution in [0.5, 0.6) is 0 Å². The predicted octanol–water partition coefficient (Wildman–Crippen LogP) is 1.13. The van der Waals surface area contributed by atoms with Gasteiger partial charge in [-0.05, 0) is 38.5 Å². The fourth-order valence-corrected chi connectivity index (χ4v) is 3.17. The molecule has 0 amide bonds. The van der Waals surface area contributed by atoms with Gasteiger partial charge >= 0.3 is 0 Å². The van der Waals surface area contributed by atoms with E-state index in [0.717, 1.165) is 18.1 Å². The quantitative estimate of drug-likeness (QED) is 0.872. The van der Waals surface area contributed by atoms with E-state index in [1.165, 1.54) is 24.4 Å². The first kappa shape index (κ1) is 12.1. The third-order valence-corrected chi connectivity index (χ3v) is 3.93. The minimum absolute atomic E-state index is 0.364. The second-order valence-electron chi connectivity index (χ2n) is 4.61. The molecule has 0 bridgehead atoms. The SMILES string of the molecule is CN(C)CC1CCCN1c1snc(N)c1C#N. The van der Waals surface area contributed by atoms with Crippen molar-refractivity contribution in [2.45, 2.75) is 18.9 Å². The van der Waals surface area contributed by atoms with Crippen LogP contribution in [0, 0.1) is 11.3 Å². The van der Waals surface area contributed by atoms with E-state index in [2.05, 4.69) is 34.3 Å². The van der Waals surface area contributed by atoms with Crippen molar-refractivity contribution >= 4 is 22.4 Å². The van der Waals surface area contributed by atoms with Gasteiger partial charge in [-0.25, -0.2) is 0 Å². The summed E-state index contributed by atoms with van der Waals surface area (Å²) in [7, 11) is 4.14. The van der Waals surface area contributed by atoms with Gasteiger partial charge in [0, 0.05) is 19.1 Å². The van der Waals surface area contributed by atoms with Crippen LogP contribution in [0.2, 0.25) is 0 Å². The summed E-state index contributed by atoms with van der Waals surface area (Å²) >= 11 is 1.34. The van der Waals surface area contributed by atoms with Crippen molar-refractivity contribution in [3.05, 3.63) is 5.56 Å². The van der Waals surface area contributed by atoms with Gasteiger partial charge in [-0.2, -0.15) is 9.64 Å². The molecule has 0 aromatic carbocycles. The Morgan fingerprint density at radius 3 is 3.06 bits per heavy atom. The van der Waals surface area contributed by atoms with Gasteiger partial charge in [0.15, 0.2) is 5.82 Å². The first-order chi connectivity index (χ1) is 8.13. The molecule has 0 radical (unpaired) electrons. The third kappa shape index (κ3) is 2.35. The molecule has 0 saturated carbocycles. The monoisotopic (exact) mass is 251 g/mol. The Kier molecular flexibility index (Phi) is 3.50. The first-order valence-electron chi connectivity index (χ1n) is 5.70. The standard InChI is InChI=1S/C11H17N5S/c1-15(2)7-8-4-3-5-16(8)11-9(6-12)10(13)14-17-11/h8H,3-5,7H2,1-2H3,(H2,13,14). The number of rotatable bonds is 3. The predicted molar refractivity (Wildman–Crippen MR) is 70.2 cm³/mol. The van der Waals surface area contributed by atoms with Gasteiger partial charge in [0.2, 0.25) is 0 Å². The molecule has 1 fully saturated rings. The van der Waals surface area contributed by atoms with Crippen molar-refractivity contribution in [3.8, 4) is 6.07 Å². The van der Waals surface area contributed by atoms with Gasteiger partial charge in [-0.1, -0.05) is 0 Å². The molecule has 1 aliphatic heterocycles. The summed E-state index contributed by atoms with van der Waals surface area (Å²) in [5.41, 5.74) is 6.25. The highest BCUT2D eigenvalue weighted by atomic mass is 32.1. The number of aromatic nitrogens is 1. The van der Waals surface area contributed by atoms with E-state index in [-0.39, 0.29) is 0 Å². The highest BCUT2D eigenvalue weighted by Gasteiger charge is 2.29. The number of nitrogens with zero attached hydrogens (tertiary/aromatic N) is 4. The van der Waals surface area contributed by atoms with Gasteiger partial charge in [0.05, 0.1) is 0 Å². The summed E-state index contributed by atoms with van der Waals surface area (Å²) in [6.45, 7) is 2.00. The zero-order chi connectivity index (χ0) is 12.4. The summed E-state index contributed by atoms with van der Waals surface area (Å²) in [6, 6.07) is 2.63. The number of nitriles is 1. The minimum atomic E-state index is 0.364. The highest BCUT2D eigenvalue weighted by molar-refractivity contribution is 7.10. The van der Waals surface area contributed by atoms with Gasteiger partial charge < -0.3 is 15.5 Å². The molecule has 0 spiro atoms. The Bertz CT molecular complexity index is 434. The van der Waals surface area contributed by atoms with Crippen molar-refractivity contribution in [1.82, 2.24) is 9.27 Å². The molecule has 2 rings (SSSR count). The van der Waals surface area contributed by atoms with Gasteiger partial charge in [-0.3, -0.25) is 0 Å². The maximum Gasteiger partial charge on any atom is 0.157 e. The molecule has 1 aromatic rings. The normalized spacial score (nSPS) is 19.9. The van der Waals surface area contributed by atoms with Crippen molar-refractivity contribution in [1.29, 1.82) is 5.26 Å². The number of nitrogen functional groups attached to an aromatic ring is 1. The Labute approximate surface area is 106 Å². The Morgan fingerprint density at radius 1 is 1.65 bits per heavy atom. The second-order valence-corrected chi connectivity index (χ2v) is 5.36. The lowest BCUT2D eigenvalue weighted by molar-refractivity contribution is 0.372. The molecule has 5 nitrogen and oxygen atoms in total. The number of likely N-dealkylation sites (N-methyl/N-ethyl adjacent to an activating group) is 1. The lowest BCUT2D eigenvalue weighted by Crippen LogP contribution is -2.37. The smallest absolute Gasteiger partial charge is 0.157 e. The van der Waals surface area contributed by atoms with Gasteiger partial charge in [0.1, 0.15) is 16.6 Å². The topological polar surface area (TPSA) is 69.2 Å². The van der Waals surface area contributed by atoms with Gasteiger partial charge in [-0.15, -0.1) is 0 Å². The van der Waals surface area contributed by atoms with Crippen LogP contribution in [-0.2, 0) is 0 Å². The van der Waals surface area contributed by atoms with Crippen LogP contribution in [0.1, 0.15) is 18.4 Å². The molecule has 92 valence electrons. The summed E-state index contributed by atoms with van der Waals surface area (Å²) in [5, 5.41) is 10.1. The molecular formula is C11H17N5S. The average Bonchev–Trinajstić information content (AvgIpc) is 2.83. The summed E-state index contributed by atoms with van der Waals surface area (Å²) < 4.78 is 4.09. The molecule has 2 heterocycles. The van der Waals surface area contributed by atoms with E-state index in [9.17, 15) is 0 Å². The van der Waals surface area contributed by atoms with Crippen molar-refractivity contribution < 1.29 is 0 Å². The molecule has 0 aliphatic carbocycles. The average molecular weight is 251 g/mol. The highest BCUT2D eigenvalue weighted by Crippen LogP contribution is 2.34. The van der Waals surface area contributed by atoms with Crippen molar-refractivity contribution in [2.24, 2.45) is 0 Å². The third-order valence-electron chi connectivity index (χ3n) is 3.03. The van der Waals surface area contributed by atoms with E-state index in [0.29, 0.717) is 17.4 Å². The zero-order valence-electron chi connectivity index (χ0n) is 10.2. The molecule has 1 atom stereocenters. The number of hydrogen-bond donors (Lipinski definition) is 1. The lowest BCUT2D eigenvalue weighted by atomic mass is 10.2. The van der Waals surface area contributed by atoms with Crippen LogP contribution in [0.15, 0.2) is 0 Å². The van der Waals surface area contributed by atoms with Crippen LogP contribution in [-0.4, -0.2) is 42.5 Å². The molecule has 1 aliphatic rings. The molecule has 1 unspecified atom stereocenters.